The molecule has 0 aromatic heterocycles. The molecule has 7 heteroatoms. The predicted molar refractivity (Wildman–Crippen MR) is 58.6 cm³/mol. The monoisotopic (exact) mass is 266 g/mol. The Labute approximate surface area is 104 Å². The van der Waals surface area contributed by atoms with Crippen molar-refractivity contribution in [2.24, 2.45) is 5.92 Å². The van der Waals surface area contributed by atoms with E-state index in [0.717, 1.165) is 4.90 Å². The zero-order chi connectivity index (χ0) is 13.9. The minimum absolute atomic E-state index is 0.0878. The summed E-state index contributed by atoms with van der Waals surface area (Å²) in [4.78, 5) is 24.3. The van der Waals surface area contributed by atoms with Crippen molar-refractivity contribution < 1.29 is 22.8 Å². The van der Waals surface area contributed by atoms with E-state index in [4.69, 9.17) is 0 Å². The van der Waals surface area contributed by atoms with Gasteiger partial charge in [0.1, 0.15) is 6.04 Å². The van der Waals surface area contributed by atoms with Crippen molar-refractivity contribution in [2.75, 3.05) is 13.1 Å². The molecule has 0 spiro atoms. The molecule has 4 nitrogen and oxygen atoms in total. The number of carbonyl (C=O) groups excluding carboxylic acids is 2. The van der Waals surface area contributed by atoms with Crippen molar-refractivity contribution in [3.8, 4) is 0 Å². The van der Waals surface area contributed by atoms with Gasteiger partial charge in [0.2, 0.25) is 11.8 Å². The van der Waals surface area contributed by atoms with Crippen LogP contribution in [0.5, 0.6) is 0 Å². The maximum absolute atomic E-state index is 12.1. The molecular weight excluding hydrogens is 249 g/mol. The third-order valence-electron chi connectivity index (χ3n) is 3.11. The zero-order valence-corrected chi connectivity index (χ0v) is 10.4. The minimum Gasteiger partial charge on any atom is -0.342 e. The second-order valence-corrected chi connectivity index (χ2v) is 4.56. The summed E-state index contributed by atoms with van der Waals surface area (Å²) in [6, 6.07) is -0.704. The highest BCUT2D eigenvalue weighted by Gasteiger charge is 2.37. The highest BCUT2D eigenvalue weighted by Crippen LogP contribution is 2.21. The fourth-order valence-corrected chi connectivity index (χ4v) is 1.80. The van der Waals surface area contributed by atoms with Crippen molar-refractivity contribution in [3.05, 3.63) is 0 Å². The van der Waals surface area contributed by atoms with E-state index >= 15 is 0 Å². The Morgan fingerprint density at radius 1 is 1.44 bits per heavy atom. The molecule has 1 heterocycles. The molecule has 0 aliphatic carbocycles. The lowest BCUT2D eigenvalue weighted by Gasteiger charge is -2.35. The van der Waals surface area contributed by atoms with Gasteiger partial charge in [0.15, 0.2) is 0 Å². The molecule has 1 fully saturated rings. The average Bonchev–Trinajstić information content (AvgIpc) is 2.27. The normalized spacial score (nSPS) is 22.9. The number of hydrogen-bond acceptors (Lipinski definition) is 2. The van der Waals surface area contributed by atoms with Crippen molar-refractivity contribution in [3.63, 3.8) is 0 Å². The number of amides is 2. The third-order valence-corrected chi connectivity index (χ3v) is 3.11. The number of alkyl halides is 3. The lowest BCUT2D eigenvalue weighted by atomic mass is 9.96. The second-order valence-electron chi connectivity index (χ2n) is 4.56. The summed E-state index contributed by atoms with van der Waals surface area (Å²) >= 11 is 0. The Bertz CT molecular complexity index is 331. The highest BCUT2D eigenvalue weighted by atomic mass is 19.4. The van der Waals surface area contributed by atoms with Gasteiger partial charge in [0.25, 0.3) is 0 Å². The Kier molecular flexibility index (Phi) is 4.59. The van der Waals surface area contributed by atoms with Crippen LogP contribution in [0.25, 0.3) is 0 Å². The summed E-state index contributed by atoms with van der Waals surface area (Å²) in [7, 11) is 0. The van der Waals surface area contributed by atoms with Crippen LogP contribution in [-0.2, 0) is 9.59 Å². The molecule has 0 bridgehead atoms. The first kappa shape index (κ1) is 14.8. The van der Waals surface area contributed by atoms with Crippen LogP contribution in [0, 0.1) is 5.92 Å². The van der Waals surface area contributed by atoms with Gasteiger partial charge in [-0.1, -0.05) is 20.3 Å². The van der Waals surface area contributed by atoms with E-state index in [1.807, 2.05) is 6.92 Å². The largest absolute Gasteiger partial charge is 0.390 e. The van der Waals surface area contributed by atoms with Crippen molar-refractivity contribution >= 4 is 11.8 Å². The van der Waals surface area contributed by atoms with Crippen LogP contribution in [-0.4, -0.2) is 42.0 Å². The molecule has 2 unspecified atom stereocenters. The first-order chi connectivity index (χ1) is 8.24. The molecular formula is C11H17F3N2O2. The summed E-state index contributed by atoms with van der Waals surface area (Å²) in [6.07, 6.45) is -4.73. The molecule has 0 aromatic carbocycles. The van der Waals surface area contributed by atoms with Crippen molar-refractivity contribution in [1.29, 1.82) is 0 Å². The first-order valence-electron chi connectivity index (χ1n) is 5.89. The van der Waals surface area contributed by atoms with Crippen molar-refractivity contribution in [1.82, 2.24) is 10.2 Å². The lowest BCUT2D eigenvalue weighted by molar-refractivity contribution is -0.154. The SMILES string of the molecule is CCC(C)C1NC(=O)CN(CCC(F)(F)F)C1=O. The van der Waals surface area contributed by atoms with Gasteiger partial charge in [0, 0.05) is 6.54 Å². The van der Waals surface area contributed by atoms with Crippen LogP contribution >= 0.6 is 0 Å². The van der Waals surface area contributed by atoms with Crippen LogP contribution in [0.3, 0.4) is 0 Å². The van der Waals surface area contributed by atoms with Gasteiger partial charge >= 0.3 is 6.18 Å². The maximum Gasteiger partial charge on any atom is 0.390 e. The van der Waals surface area contributed by atoms with Gasteiger partial charge < -0.3 is 10.2 Å². The number of carbonyl (C=O) groups is 2. The Balaban J connectivity index is 2.68. The molecule has 0 radical (unpaired) electrons. The van der Waals surface area contributed by atoms with Crippen LogP contribution in [0.4, 0.5) is 13.2 Å². The van der Waals surface area contributed by atoms with Gasteiger partial charge in [0.05, 0.1) is 13.0 Å². The van der Waals surface area contributed by atoms with Gasteiger partial charge in [-0.3, -0.25) is 9.59 Å². The lowest BCUT2D eigenvalue weighted by Crippen LogP contribution is -2.60. The quantitative estimate of drug-likeness (QED) is 0.834. The maximum atomic E-state index is 12.1. The molecule has 2 atom stereocenters. The molecule has 0 saturated carbocycles. The zero-order valence-electron chi connectivity index (χ0n) is 10.4. The van der Waals surface area contributed by atoms with Gasteiger partial charge in [-0.25, -0.2) is 0 Å². The molecule has 1 N–H and O–H groups in total. The number of nitrogens with one attached hydrogen (secondary N) is 1. The van der Waals surface area contributed by atoms with E-state index < -0.39 is 37.0 Å². The second kappa shape index (κ2) is 5.58. The van der Waals surface area contributed by atoms with E-state index in [1.54, 1.807) is 6.92 Å². The Morgan fingerprint density at radius 3 is 2.56 bits per heavy atom. The van der Waals surface area contributed by atoms with Crippen LogP contribution in [0.15, 0.2) is 0 Å². The van der Waals surface area contributed by atoms with E-state index in [0.29, 0.717) is 6.42 Å². The van der Waals surface area contributed by atoms with Crippen molar-refractivity contribution in [2.45, 2.75) is 38.9 Å². The van der Waals surface area contributed by atoms with Gasteiger partial charge in [-0.2, -0.15) is 13.2 Å². The summed E-state index contributed by atoms with van der Waals surface area (Å²) in [5.41, 5.74) is 0. The number of piperazine rings is 1. The van der Waals surface area contributed by atoms with Crippen LogP contribution in [0.1, 0.15) is 26.7 Å². The average molecular weight is 266 g/mol. The smallest absolute Gasteiger partial charge is 0.342 e. The summed E-state index contributed by atoms with van der Waals surface area (Å²) in [5, 5.41) is 2.53. The van der Waals surface area contributed by atoms with Gasteiger partial charge in [-0.15, -0.1) is 0 Å². The number of rotatable bonds is 4. The minimum atomic E-state index is -4.32. The predicted octanol–water partition coefficient (Wildman–Crippen LogP) is 1.31. The molecule has 1 aliphatic rings. The topological polar surface area (TPSA) is 49.4 Å². The number of hydrogen-bond donors (Lipinski definition) is 1. The standard InChI is InChI=1S/C11H17F3N2O2/c1-3-7(2)9-10(18)16(6-8(17)15-9)5-4-11(12,13)14/h7,9H,3-6H2,1-2H3,(H,15,17). The van der Waals surface area contributed by atoms with E-state index in [1.165, 1.54) is 0 Å². The van der Waals surface area contributed by atoms with Gasteiger partial charge in [-0.05, 0) is 5.92 Å². The fraction of sp³-hybridized carbons (Fsp3) is 0.818. The molecule has 1 saturated heterocycles. The molecule has 18 heavy (non-hydrogen) atoms. The summed E-state index contributed by atoms with van der Waals surface area (Å²) in [5.74, 6) is -0.912. The molecule has 1 aliphatic heterocycles. The summed E-state index contributed by atoms with van der Waals surface area (Å²) in [6.45, 7) is 2.90. The number of halogens is 3. The first-order valence-corrected chi connectivity index (χ1v) is 5.89. The molecule has 0 aromatic rings. The summed E-state index contributed by atoms with van der Waals surface area (Å²) < 4.78 is 36.4. The number of nitrogens with zero attached hydrogens (tertiary/aromatic N) is 1. The molecule has 1 rings (SSSR count). The Morgan fingerprint density at radius 2 is 2.06 bits per heavy atom. The fourth-order valence-electron chi connectivity index (χ4n) is 1.80. The van der Waals surface area contributed by atoms with Crippen LogP contribution < -0.4 is 5.32 Å². The third kappa shape index (κ3) is 3.89. The molecule has 2 amide bonds. The highest BCUT2D eigenvalue weighted by molar-refractivity contribution is 5.95. The van der Waals surface area contributed by atoms with Crippen LogP contribution in [0.2, 0.25) is 0 Å². The van der Waals surface area contributed by atoms with E-state index in [-0.39, 0.29) is 12.5 Å². The molecule has 104 valence electrons. The van der Waals surface area contributed by atoms with E-state index in [9.17, 15) is 22.8 Å². The van der Waals surface area contributed by atoms with E-state index in [2.05, 4.69) is 5.32 Å². The Hall–Kier alpha value is -1.27.